The summed E-state index contributed by atoms with van der Waals surface area (Å²) in [6, 6.07) is 6.92. The van der Waals surface area contributed by atoms with Crippen LogP contribution in [0, 0.1) is 5.92 Å². The molecule has 2 heteroatoms. The molecule has 1 fully saturated rings. The van der Waals surface area contributed by atoms with Gasteiger partial charge in [-0.2, -0.15) is 0 Å². The molecule has 80 valence electrons. The molecule has 0 saturated heterocycles. The second kappa shape index (κ2) is 3.71. The van der Waals surface area contributed by atoms with Crippen molar-refractivity contribution in [3.63, 3.8) is 0 Å². The Balaban J connectivity index is 1.95. The van der Waals surface area contributed by atoms with Crippen molar-refractivity contribution in [3.05, 3.63) is 28.8 Å². The molecule has 3 rings (SSSR count). The Bertz CT molecular complexity index is 375. The van der Waals surface area contributed by atoms with E-state index < -0.39 is 0 Å². The van der Waals surface area contributed by atoms with Gasteiger partial charge < -0.3 is 5.32 Å². The Labute approximate surface area is 95.8 Å². The summed E-state index contributed by atoms with van der Waals surface area (Å²) in [4.78, 5) is 0. The number of anilines is 1. The molecule has 2 unspecified atom stereocenters. The third-order valence-corrected chi connectivity index (χ3v) is 4.14. The highest BCUT2D eigenvalue weighted by atomic mass is 35.5. The second-order valence-corrected chi connectivity index (χ2v) is 5.18. The number of fused-ring (bicyclic) bond motifs is 2. The smallest absolute Gasteiger partial charge is 0.0640 e. The molecule has 1 saturated carbocycles. The van der Waals surface area contributed by atoms with E-state index >= 15 is 0 Å². The van der Waals surface area contributed by atoms with E-state index in [0.29, 0.717) is 6.04 Å². The van der Waals surface area contributed by atoms with Gasteiger partial charge in [0.1, 0.15) is 0 Å². The number of hydrogen-bond acceptors (Lipinski definition) is 1. The fourth-order valence-electron chi connectivity index (χ4n) is 3.01. The van der Waals surface area contributed by atoms with Crippen LogP contribution in [-0.4, -0.2) is 6.04 Å². The van der Waals surface area contributed by atoms with E-state index in [1.807, 2.05) is 6.07 Å². The van der Waals surface area contributed by atoms with Crippen LogP contribution in [0.1, 0.15) is 31.2 Å². The molecule has 1 aliphatic carbocycles. The first-order valence-corrected chi connectivity index (χ1v) is 6.26. The number of benzene rings is 1. The maximum Gasteiger partial charge on any atom is 0.0640 e. The molecule has 1 heterocycles. The molecule has 0 spiro atoms. The maximum atomic E-state index is 6.21. The molecule has 1 aromatic rings. The quantitative estimate of drug-likeness (QED) is 0.702. The molecule has 1 aliphatic heterocycles. The summed E-state index contributed by atoms with van der Waals surface area (Å²) in [5.74, 6) is 0.838. The first kappa shape index (κ1) is 9.53. The molecule has 1 aromatic carbocycles. The van der Waals surface area contributed by atoms with Crippen LogP contribution in [0.3, 0.4) is 0 Å². The van der Waals surface area contributed by atoms with Crippen molar-refractivity contribution in [1.29, 1.82) is 0 Å². The van der Waals surface area contributed by atoms with Gasteiger partial charge in [-0.25, -0.2) is 0 Å². The van der Waals surface area contributed by atoms with Crippen molar-refractivity contribution in [3.8, 4) is 0 Å². The van der Waals surface area contributed by atoms with Crippen LogP contribution in [0.15, 0.2) is 18.2 Å². The molecule has 0 bridgehead atoms. The van der Waals surface area contributed by atoms with Crippen LogP contribution in [0.25, 0.3) is 0 Å². The van der Waals surface area contributed by atoms with Gasteiger partial charge in [0.2, 0.25) is 0 Å². The van der Waals surface area contributed by atoms with E-state index in [0.717, 1.165) is 10.9 Å². The summed E-state index contributed by atoms with van der Waals surface area (Å²) in [6.07, 6.45) is 6.68. The number of rotatable bonds is 0. The Morgan fingerprint density at radius 3 is 3.00 bits per heavy atom. The van der Waals surface area contributed by atoms with Gasteiger partial charge in [0.05, 0.1) is 10.7 Å². The Hall–Kier alpha value is -0.690. The molecule has 0 amide bonds. The number of para-hydroxylation sites is 1. The lowest BCUT2D eigenvalue weighted by molar-refractivity contribution is 0.315. The summed E-state index contributed by atoms with van der Waals surface area (Å²) in [5, 5.41) is 4.52. The van der Waals surface area contributed by atoms with Gasteiger partial charge in [0.25, 0.3) is 0 Å². The summed E-state index contributed by atoms with van der Waals surface area (Å²) in [7, 11) is 0. The number of hydrogen-bond donors (Lipinski definition) is 1. The highest BCUT2D eigenvalue weighted by Crippen LogP contribution is 2.39. The normalized spacial score (nSPS) is 28.9. The number of halogens is 1. The van der Waals surface area contributed by atoms with E-state index in [2.05, 4.69) is 17.4 Å². The number of nitrogens with one attached hydrogen (secondary N) is 1. The van der Waals surface area contributed by atoms with Crippen LogP contribution >= 0.6 is 11.6 Å². The topological polar surface area (TPSA) is 12.0 Å². The van der Waals surface area contributed by atoms with Gasteiger partial charge in [-0.05, 0) is 36.8 Å². The predicted octanol–water partition coefficient (Wildman–Crippen LogP) is 3.87. The van der Waals surface area contributed by atoms with E-state index in [1.54, 1.807) is 0 Å². The van der Waals surface area contributed by atoms with Gasteiger partial charge in [-0.1, -0.05) is 36.6 Å². The van der Waals surface area contributed by atoms with Gasteiger partial charge in [0.15, 0.2) is 0 Å². The van der Waals surface area contributed by atoms with Crippen molar-refractivity contribution >= 4 is 17.3 Å². The minimum atomic E-state index is 0.672. The highest BCUT2D eigenvalue weighted by Gasteiger charge is 2.30. The molecule has 1 N–H and O–H groups in total. The zero-order valence-electron chi connectivity index (χ0n) is 8.80. The van der Waals surface area contributed by atoms with Crippen LogP contribution in [0.5, 0.6) is 0 Å². The molecule has 15 heavy (non-hydrogen) atoms. The van der Waals surface area contributed by atoms with Crippen molar-refractivity contribution in [1.82, 2.24) is 0 Å². The lowest BCUT2D eigenvalue weighted by atomic mass is 9.78. The van der Waals surface area contributed by atoms with Crippen LogP contribution in [0.2, 0.25) is 5.02 Å². The Morgan fingerprint density at radius 1 is 1.20 bits per heavy atom. The largest absolute Gasteiger partial charge is 0.381 e. The molecule has 2 aliphatic rings. The molecule has 2 atom stereocenters. The second-order valence-electron chi connectivity index (χ2n) is 4.77. The Morgan fingerprint density at radius 2 is 2.07 bits per heavy atom. The summed E-state index contributed by atoms with van der Waals surface area (Å²) >= 11 is 6.21. The first-order valence-electron chi connectivity index (χ1n) is 5.88. The van der Waals surface area contributed by atoms with Crippen LogP contribution in [-0.2, 0) is 6.42 Å². The molecular formula is C13H16ClN. The third kappa shape index (κ3) is 1.63. The SMILES string of the molecule is Clc1cccc2c1NC1CCCCC1C2. The molecule has 0 radical (unpaired) electrons. The molecular weight excluding hydrogens is 206 g/mol. The average molecular weight is 222 g/mol. The fourth-order valence-corrected chi connectivity index (χ4v) is 3.26. The Kier molecular flexibility index (Phi) is 2.36. The van der Waals surface area contributed by atoms with Crippen LogP contribution in [0.4, 0.5) is 5.69 Å². The standard InChI is InChI=1S/C13H16ClN/c14-11-6-3-5-10-8-9-4-1-2-7-12(9)15-13(10)11/h3,5-6,9,12,15H,1-2,4,7-8H2. The summed E-state index contributed by atoms with van der Waals surface area (Å²) < 4.78 is 0. The molecule has 1 nitrogen and oxygen atoms in total. The van der Waals surface area contributed by atoms with Crippen molar-refractivity contribution in [2.45, 2.75) is 38.1 Å². The summed E-state index contributed by atoms with van der Waals surface area (Å²) in [5.41, 5.74) is 2.60. The van der Waals surface area contributed by atoms with E-state index in [4.69, 9.17) is 11.6 Å². The van der Waals surface area contributed by atoms with Crippen molar-refractivity contribution in [2.24, 2.45) is 5.92 Å². The van der Waals surface area contributed by atoms with Gasteiger partial charge in [0, 0.05) is 6.04 Å². The van der Waals surface area contributed by atoms with Gasteiger partial charge in [-0.3, -0.25) is 0 Å². The zero-order valence-corrected chi connectivity index (χ0v) is 9.56. The van der Waals surface area contributed by atoms with E-state index in [-0.39, 0.29) is 0 Å². The van der Waals surface area contributed by atoms with E-state index in [9.17, 15) is 0 Å². The molecule has 0 aromatic heterocycles. The highest BCUT2D eigenvalue weighted by molar-refractivity contribution is 6.33. The lowest BCUT2D eigenvalue weighted by Gasteiger charge is -2.38. The lowest BCUT2D eigenvalue weighted by Crippen LogP contribution is -2.37. The fraction of sp³-hybridized carbons (Fsp3) is 0.538. The van der Waals surface area contributed by atoms with Crippen molar-refractivity contribution in [2.75, 3.05) is 5.32 Å². The van der Waals surface area contributed by atoms with Gasteiger partial charge >= 0.3 is 0 Å². The van der Waals surface area contributed by atoms with Crippen LogP contribution < -0.4 is 5.32 Å². The predicted molar refractivity (Wildman–Crippen MR) is 64.5 cm³/mol. The monoisotopic (exact) mass is 221 g/mol. The van der Waals surface area contributed by atoms with Gasteiger partial charge in [-0.15, -0.1) is 0 Å². The maximum absolute atomic E-state index is 6.21. The minimum Gasteiger partial charge on any atom is -0.381 e. The third-order valence-electron chi connectivity index (χ3n) is 3.82. The van der Waals surface area contributed by atoms with E-state index in [1.165, 1.54) is 43.4 Å². The average Bonchev–Trinajstić information content (AvgIpc) is 2.27. The zero-order chi connectivity index (χ0) is 10.3. The minimum absolute atomic E-state index is 0.672. The van der Waals surface area contributed by atoms with Crippen molar-refractivity contribution < 1.29 is 0 Å². The first-order chi connectivity index (χ1) is 7.34. The summed E-state index contributed by atoms with van der Waals surface area (Å²) in [6.45, 7) is 0.